The van der Waals surface area contributed by atoms with Gasteiger partial charge in [-0.05, 0) is 218 Å². The van der Waals surface area contributed by atoms with Crippen molar-refractivity contribution < 1.29 is 34.4 Å². The maximum absolute atomic E-state index is 15.0. The molecule has 2 aromatic rings. The van der Waals surface area contributed by atoms with Crippen LogP contribution in [-0.4, -0.2) is 85.2 Å². The van der Waals surface area contributed by atoms with E-state index in [1.54, 1.807) is 0 Å². The molecule has 6 aliphatic heterocycles. The quantitative estimate of drug-likeness (QED) is 0.110. The molecular formula is C70H96N4O7S2. The van der Waals surface area contributed by atoms with Crippen LogP contribution in [0, 0.1) is 56.7 Å². The summed E-state index contributed by atoms with van der Waals surface area (Å²) in [6.07, 6.45) is 35.4. The summed E-state index contributed by atoms with van der Waals surface area (Å²) >= 11 is 0. The highest BCUT2D eigenvalue weighted by molar-refractivity contribution is 8.77. The minimum atomic E-state index is -0.854. The van der Waals surface area contributed by atoms with Gasteiger partial charge in [-0.3, -0.25) is 14.6 Å². The van der Waals surface area contributed by atoms with E-state index in [0.717, 1.165) is 107 Å². The number of aromatic hydroxyl groups is 1. The molecular weight excluding hydrogens is 1070 g/mol. The molecule has 10 fully saturated rings. The molecule has 1 amide bonds. The Labute approximate surface area is 502 Å². The SMILES string of the molecule is CC(=O)OC12CCc3cc(c(O)c4c3C3C=CC5(CCCC5C3)O4)CN3CC4(CC3=O)C(CCC4c3ccccc3)CN=C(N)NC3(CCCC34CCCC4)SSCC3CCC(CC34CCC3(CCCC3)C43CCCC3O)C(CC1)C(O)C2. The van der Waals surface area contributed by atoms with Gasteiger partial charge in [-0.15, -0.1) is 0 Å². The number of allylic oxidation sites excluding steroid dienone is 1. The van der Waals surface area contributed by atoms with Crippen molar-refractivity contribution in [3.8, 4) is 11.5 Å². The summed E-state index contributed by atoms with van der Waals surface area (Å²) in [6.45, 7) is 2.93. The molecule has 7 spiro atoms. The highest BCUT2D eigenvalue weighted by Crippen LogP contribution is 2.79. The molecule has 11 nitrogen and oxygen atoms in total. The van der Waals surface area contributed by atoms with Crippen molar-refractivity contribution in [1.82, 2.24) is 10.2 Å². The summed E-state index contributed by atoms with van der Waals surface area (Å²) in [5, 5.41) is 42.7. The molecule has 6 heterocycles. The molecule has 15 atom stereocenters. The van der Waals surface area contributed by atoms with Crippen LogP contribution in [0.4, 0.5) is 0 Å². The van der Waals surface area contributed by atoms with Crippen molar-refractivity contribution in [2.24, 2.45) is 67.4 Å². The molecule has 9 saturated carbocycles. The number of hydrogen-bond acceptors (Lipinski definition) is 12. The van der Waals surface area contributed by atoms with Gasteiger partial charge in [0.05, 0.1) is 12.2 Å². The van der Waals surface area contributed by atoms with Crippen molar-refractivity contribution >= 4 is 39.4 Å². The van der Waals surface area contributed by atoms with Crippen LogP contribution in [0.2, 0.25) is 0 Å². The van der Waals surface area contributed by atoms with Crippen molar-refractivity contribution in [3.63, 3.8) is 0 Å². The molecule has 450 valence electrons. The number of amides is 1. The third-order valence-electron chi connectivity index (χ3n) is 27.3. The Morgan fingerprint density at radius 1 is 0.807 bits per heavy atom. The molecule has 10 aliphatic carbocycles. The number of ether oxygens (including phenoxy) is 2. The number of aliphatic imine (C=N–C) groups is 1. The standard InChI is InChI=1S/C70H96N4O7S2/c1-45(75)80-65-31-20-47-36-50(60(79)61-59(47)48-21-33-68(81-61)28-9-14-51(68)37-48)42-74-44-66(40-58(74)78)52(18-19-55(66)46-12-3-2-4-13-46)41-72-62(71)73-70(30-11-27-64(70)25-7-8-26-64)83-82-43-53-17-16-49(54(22-32-65)56(76)39-65)38-67(53)35-34-63(23-5-6-24-63)69(67)29-10-15-57(69)77/h2-4,12-13,21,33,36,48-49,51-57,76-77,79H,5-11,14-20,22-32,34-35,37-44H2,1H3,(H3,71,72,73). The number of nitrogens with zero attached hydrogens (tertiary/aromatic N) is 2. The predicted molar refractivity (Wildman–Crippen MR) is 329 cm³/mol. The van der Waals surface area contributed by atoms with E-state index in [4.69, 9.17) is 20.2 Å². The Morgan fingerprint density at radius 3 is 2.37 bits per heavy atom. The van der Waals surface area contributed by atoms with Gasteiger partial charge in [0.25, 0.3) is 0 Å². The number of aryl methyl sites for hydroxylation is 1. The molecule has 16 aliphatic rings. The molecule has 1 saturated heterocycles. The van der Waals surface area contributed by atoms with Gasteiger partial charge in [-0.25, -0.2) is 0 Å². The highest BCUT2D eigenvalue weighted by atomic mass is 33.1. The Balaban J connectivity index is 0.834. The molecule has 13 heteroatoms. The number of rotatable bonds is 2. The van der Waals surface area contributed by atoms with Gasteiger partial charge in [0, 0.05) is 84.4 Å². The second-order valence-corrected chi connectivity index (χ2v) is 33.1. The summed E-state index contributed by atoms with van der Waals surface area (Å²) in [7, 11) is 4.21. The number of carbonyl (C=O) groups excluding carboxylic acids is 2. The van der Waals surface area contributed by atoms with E-state index in [0.29, 0.717) is 80.2 Å². The number of fused-ring (bicyclic) bond motifs is 2. The summed E-state index contributed by atoms with van der Waals surface area (Å²) in [5.74, 6) is 3.76. The topological polar surface area (TPSA) is 167 Å². The predicted octanol–water partition coefficient (Wildman–Crippen LogP) is 13.7. The normalized spacial score (nSPS) is 43.3. The average molecular weight is 1170 g/mol. The molecule has 6 N–H and O–H groups in total. The first-order chi connectivity index (χ1) is 40.2. The molecule has 2 aromatic carbocycles. The first kappa shape index (κ1) is 56.1. The molecule has 0 aromatic heterocycles. The lowest BCUT2D eigenvalue weighted by Crippen LogP contribution is -2.58. The number of nitrogens with two attached hydrogens (primary N) is 1. The highest BCUT2D eigenvalue weighted by Gasteiger charge is 2.74. The molecule has 83 heavy (non-hydrogen) atoms. The minimum absolute atomic E-state index is 0.00504. The van der Waals surface area contributed by atoms with E-state index in [1.807, 2.05) is 4.90 Å². The number of phenolic OH excluding ortho intramolecular Hbond substituents is 1. The second kappa shape index (κ2) is 20.9. The fraction of sp³-hybridized carbons (Fsp3) is 0.757. The van der Waals surface area contributed by atoms with E-state index < -0.39 is 17.3 Å². The summed E-state index contributed by atoms with van der Waals surface area (Å²) in [6, 6.07) is 13.0. The second-order valence-electron chi connectivity index (χ2n) is 30.4. The molecule has 10 bridgehead atoms. The van der Waals surface area contributed by atoms with Crippen LogP contribution in [0.1, 0.15) is 234 Å². The van der Waals surface area contributed by atoms with Crippen LogP contribution in [0.5, 0.6) is 11.5 Å². The number of aliphatic hydroxyl groups is 2. The number of carbonyl (C=O) groups is 2. The van der Waals surface area contributed by atoms with Crippen LogP contribution < -0.4 is 15.8 Å². The third-order valence-corrected chi connectivity index (χ3v) is 30.6. The van der Waals surface area contributed by atoms with E-state index in [-0.39, 0.29) is 85.9 Å². The van der Waals surface area contributed by atoms with Gasteiger partial charge < -0.3 is 40.7 Å². The van der Waals surface area contributed by atoms with Gasteiger partial charge in [-0.2, -0.15) is 0 Å². The molecule has 15 unspecified atom stereocenters. The van der Waals surface area contributed by atoms with Gasteiger partial charge >= 0.3 is 5.97 Å². The van der Waals surface area contributed by atoms with Crippen molar-refractivity contribution in [2.45, 2.75) is 253 Å². The minimum Gasteiger partial charge on any atom is -0.504 e. The zero-order chi connectivity index (χ0) is 56.6. The van der Waals surface area contributed by atoms with E-state index in [2.05, 4.69) is 75.5 Å². The summed E-state index contributed by atoms with van der Waals surface area (Å²) < 4.78 is 13.9. The summed E-state index contributed by atoms with van der Waals surface area (Å²) in [5.41, 5.74) is 10.0. The Bertz CT molecular complexity index is 2900. The van der Waals surface area contributed by atoms with Crippen LogP contribution >= 0.6 is 21.6 Å². The Hall–Kier alpha value is -3.39. The molecule has 0 radical (unpaired) electrons. The van der Waals surface area contributed by atoms with Crippen LogP contribution in [0.25, 0.3) is 0 Å². The van der Waals surface area contributed by atoms with Crippen LogP contribution in [0.15, 0.2) is 53.5 Å². The number of nitrogens with one attached hydrogen (secondary N) is 1. The number of phenols is 1. The maximum Gasteiger partial charge on any atom is 0.303 e. The number of guanidine groups is 1. The van der Waals surface area contributed by atoms with E-state index in [9.17, 15) is 20.1 Å². The lowest BCUT2D eigenvalue weighted by Gasteiger charge is -2.61. The number of esters is 1. The van der Waals surface area contributed by atoms with E-state index in [1.165, 1.54) is 89.5 Å². The van der Waals surface area contributed by atoms with Crippen LogP contribution in [0.3, 0.4) is 0 Å². The molecule has 18 rings (SSSR count). The van der Waals surface area contributed by atoms with Crippen molar-refractivity contribution in [2.75, 3.05) is 18.8 Å². The lowest BCUT2D eigenvalue weighted by molar-refractivity contribution is -0.176. The van der Waals surface area contributed by atoms with Crippen molar-refractivity contribution in [3.05, 3.63) is 70.8 Å². The third kappa shape index (κ3) is 8.60. The first-order valence-electron chi connectivity index (χ1n) is 33.7. The van der Waals surface area contributed by atoms with Crippen LogP contribution in [-0.2, 0) is 27.3 Å². The maximum atomic E-state index is 15.0. The Morgan fingerprint density at radius 2 is 1.59 bits per heavy atom. The number of hydrogen-bond donors (Lipinski definition) is 5. The first-order valence-corrected chi connectivity index (χ1v) is 36.0. The van der Waals surface area contributed by atoms with Crippen molar-refractivity contribution in [1.29, 1.82) is 0 Å². The number of benzene rings is 2. The zero-order valence-corrected chi connectivity index (χ0v) is 51.5. The monoisotopic (exact) mass is 1170 g/mol. The largest absolute Gasteiger partial charge is 0.504 e. The van der Waals surface area contributed by atoms with Gasteiger partial charge in [0.1, 0.15) is 16.1 Å². The van der Waals surface area contributed by atoms with E-state index >= 15 is 4.79 Å². The van der Waals surface area contributed by atoms with Gasteiger partial charge in [0.2, 0.25) is 5.91 Å². The smallest absolute Gasteiger partial charge is 0.303 e. The zero-order valence-electron chi connectivity index (χ0n) is 49.8. The Kier molecular flexibility index (Phi) is 14.1. The lowest BCUT2D eigenvalue weighted by atomic mass is 9.45. The van der Waals surface area contributed by atoms with Gasteiger partial charge in [-0.1, -0.05) is 90.1 Å². The summed E-state index contributed by atoms with van der Waals surface area (Å²) in [4.78, 5) is 35.7. The number of aliphatic hydroxyl groups excluding tert-OH is 2. The fourth-order valence-corrected chi connectivity index (χ4v) is 27.8. The average Bonchev–Trinajstić information content (AvgIpc) is 2.05. The fourth-order valence-electron chi connectivity index (χ4n) is 23.9. The van der Waals surface area contributed by atoms with Gasteiger partial charge in [0.15, 0.2) is 17.5 Å².